The zero-order valence-electron chi connectivity index (χ0n) is 11.7. The van der Waals surface area contributed by atoms with Crippen LogP contribution in [0.25, 0.3) is 0 Å². The number of aryl methyl sites for hydroxylation is 1. The molecule has 20 heavy (non-hydrogen) atoms. The van der Waals surface area contributed by atoms with E-state index in [2.05, 4.69) is 45.0 Å². The first-order valence-corrected chi connectivity index (χ1v) is 7.26. The molecule has 1 aliphatic rings. The second-order valence-electron chi connectivity index (χ2n) is 5.38. The summed E-state index contributed by atoms with van der Waals surface area (Å²) < 4.78 is 2.06. The number of hydrogen-bond donors (Lipinski definition) is 1. The third-order valence-corrected chi connectivity index (χ3v) is 4.10. The van der Waals surface area contributed by atoms with Gasteiger partial charge in [-0.2, -0.15) is 5.10 Å². The van der Waals surface area contributed by atoms with Gasteiger partial charge in [0.25, 0.3) is 0 Å². The zero-order chi connectivity index (χ0) is 13.8. The molecule has 4 heteroatoms. The van der Waals surface area contributed by atoms with Gasteiger partial charge in [-0.15, -0.1) is 0 Å². The van der Waals surface area contributed by atoms with E-state index in [0.717, 1.165) is 32.5 Å². The van der Waals surface area contributed by atoms with Crippen molar-refractivity contribution in [1.82, 2.24) is 14.7 Å². The second-order valence-corrected chi connectivity index (χ2v) is 5.38. The maximum absolute atomic E-state index is 9.63. The molecule has 4 nitrogen and oxygen atoms in total. The standard InChI is InChI=1S/C16H21N3O/c20-13-16-8-11-19-15(6-9-17-19)12-18(16)10-7-14-4-2-1-3-5-14/h1-6,9,16,20H,7-8,10-13H2/t16-/m0/s1. The van der Waals surface area contributed by atoms with E-state index in [1.165, 1.54) is 11.3 Å². The molecule has 2 aromatic rings. The Balaban J connectivity index is 1.69. The molecule has 1 aromatic carbocycles. The highest BCUT2D eigenvalue weighted by atomic mass is 16.3. The molecule has 1 aliphatic heterocycles. The average Bonchev–Trinajstić information content (AvgIpc) is 2.86. The molecule has 0 aliphatic carbocycles. The van der Waals surface area contributed by atoms with Crippen LogP contribution in [0.15, 0.2) is 42.6 Å². The van der Waals surface area contributed by atoms with Crippen LogP contribution in [0.3, 0.4) is 0 Å². The van der Waals surface area contributed by atoms with Gasteiger partial charge in [-0.1, -0.05) is 30.3 Å². The molecule has 106 valence electrons. The van der Waals surface area contributed by atoms with Crippen LogP contribution in [-0.4, -0.2) is 39.0 Å². The number of aliphatic hydroxyl groups is 1. The van der Waals surface area contributed by atoms with Crippen LogP contribution in [0.5, 0.6) is 0 Å². The largest absolute Gasteiger partial charge is 0.395 e. The molecular formula is C16H21N3O. The summed E-state index contributed by atoms with van der Waals surface area (Å²) in [5.74, 6) is 0. The number of aliphatic hydroxyl groups excluding tert-OH is 1. The molecule has 1 N–H and O–H groups in total. The first kappa shape index (κ1) is 13.3. The predicted octanol–water partition coefficient (Wildman–Crippen LogP) is 1.69. The number of hydrogen-bond acceptors (Lipinski definition) is 3. The van der Waals surface area contributed by atoms with Crippen LogP contribution in [-0.2, 0) is 19.5 Å². The van der Waals surface area contributed by atoms with Crippen molar-refractivity contribution in [3.8, 4) is 0 Å². The second kappa shape index (κ2) is 6.20. The third-order valence-electron chi connectivity index (χ3n) is 4.10. The molecule has 2 heterocycles. The van der Waals surface area contributed by atoms with Crippen LogP contribution < -0.4 is 0 Å². The fourth-order valence-electron chi connectivity index (χ4n) is 2.87. The van der Waals surface area contributed by atoms with Crippen molar-refractivity contribution in [3.63, 3.8) is 0 Å². The van der Waals surface area contributed by atoms with Gasteiger partial charge in [0.15, 0.2) is 0 Å². The quantitative estimate of drug-likeness (QED) is 0.920. The van der Waals surface area contributed by atoms with E-state index in [9.17, 15) is 5.11 Å². The summed E-state index contributed by atoms with van der Waals surface area (Å²) in [6, 6.07) is 12.8. The molecule has 0 unspecified atom stereocenters. The highest BCUT2D eigenvalue weighted by Gasteiger charge is 2.23. The minimum Gasteiger partial charge on any atom is -0.395 e. The number of benzene rings is 1. The van der Waals surface area contributed by atoms with Crippen molar-refractivity contribution in [2.75, 3.05) is 13.2 Å². The number of fused-ring (bicyclic) bond motifs is 1. The Bertz CT molecular complexity index is 538. The number of nitrogens with zero attached hydrogens (tertiary/aromatic N) is 3. The molecule has 0 radical (unpaired) electrons. The summed E-state index contributed by atoms with van der Waals surface area (Å²) in [6.45, 7) is 2.97. The van der Waals surface area contributed by atoms with Gasteiger partial charge in [0, 0.05) is 31.9 Å². The number of aromatic nitrogens is 2. The summed E-state index contributed by atoms with van der Waals surface area (Å²) in [6.07, 6.45) is 3.84. The van der Waals surface area contributed by atoms with E-state index in [4.69, 9.17) is 0 Å². The van der Waals surface area contributed by atoms with Crippen LogP contribution in [0.4, 0.5) is 0 Å². The molecule has 0 amide bonds. The normalized spacial score (nSPS) is 19.6. The predicted molar refractivity (Wildman–Crippen MR) is 78.3 cm³/mol. The Morgan fingerprint density at radius 2 is 2.05 bits per heavy atom. The fourth-order valence-corrected chi connectivity index (χ4v) is 2.87. The lowest BCUT2D eigenvalue weighted by atomic mass is 10.1. The van der Waals surface area contributed by atoms with Gasteiger partial charge >= 0.3 is 0 Å². The minimum absolute atomic E-state index is 0.222. The maximum Gasteiger partial charge on any atom is 0.0587 e. The lowest BCUT2D eigenvalue weighted by Crippen LogP contribution is -2.38. The molecule has 0 saturated carbocycles. The summed E-state index contributed by atoms with van der Waals surface area (Å²) in [4.78, 5) is 2.38. The van der Waals surface area contributed by atoms with Crippen LogP contribution in [0.1, 0.15) is 17.7 Å². The Morgan fingerprint density at radius 1 is 1.20 bits per heavy atom. The van der Waals surface area contributed by atoms with E-state index in [1.54, 1.807) is 0 Å². The van der Waals surface area contributed by atoms with Crippen molar-refractivity contribution >= 4 is 0 Å². The third kappa shape index (κ3) is 2.92. The minimum atomic E-state index is 0.222. The fraction of sp³-hybridized carbons (Fsp3) is 0.438. The molecule has 0 spiro atoms. The Morgan fingerprint density at radius 3 is 2.85 bits per heavy atom. The van der Waals surface area contributed by atoms with E-state index in [0.29, 0.717) is 0 Å². The first-order valence-electron chi connectivity index (χ1n) is 7.26. The topological polar surface area (TPSA) is 41.3 Å². The molecule has 0 fully saturated rings. The van der Waals surface area contributed by atoms with E-state index < -0.39 is 0 Å². The summed E-state index contributed by atoms with van der Waals surface area (Å²) >= 11 is 0. The Kier molecular flexibility index (Phi) is 4.14. The van der Waals surface area contributed by atoms with Gasteiger partial charge in [0.2, 0.25) is 0 Å². The van der Waals surface area contributed by atoms with Gasteiger partial charge in [0.1, 0.15) is 0 Å². The van der Waals surface area contributed by atoms with Crippen molar-refractivity contribution in [1.29, 1.82) is 0 Å². The van der Waals surface area contributed by atoms with Crippen molar-refractivity contribution < 1.29 is 5.11 Å². The van der Waals surface area contributed by atoms with Crippen molar-refractivity contribution in [2.24, 2.45) is 0 Å². The summed E-state index contributed by atoms with van der Waals surface area (Å²) in [5.41, 5.74) is 2.59. The lowest BCUT2D eigenvalue weighted by molar-refractivity contribution is 0.115. The van der Waals surface area contributed by atoms with E-state index >= 15 is 0 Å². The Hall–Kier alpha value is -1.65. The van der Waals surface area contributed by atoms with Gasteiger partial charge in [-0.05, 0) is 24.5 Å². The molecule has 1 atom stereocenters. The maximum atomic E-state index is 9.63. The van der Waals surface area contributed by atoms with Gasteiger partial charge < -0.3 is 5.11 Å². The van der Waals surface area contributed by atoms with Crippen LogP contribution in [0.2, 0.25) is 0 Å². The zero-order valence-corrected chi connectivity index (χ0v) is 11.7. The van der Waals surface area contributed by atoms with Gasteiger partial charge in [-0.3, -0.25) is 9.58 Å². The van der Waals surface area contributed by atoms with Crippen LogP contribution >= 0.6 is 0 Å². The first-order chi connectivity index (χ1) is 9.86. The van der Waals surface area contributed by atoms with Crippen LogP contribution in [0, 0.1) is 0 Å². The molecular weight excluding hydrogens is 250 g/mol. The summed E-state index contributed by atoms with van der Waals surface area (Å²) in [5, 5.41) is 14.0. The molecule has 3 rings (SSSR count). The van der Waals surface area contributed by atoms with Gasteiger partial charge in [0.05, 0.1) is 12.3 Å². The van der Waals surface area contributed by atoms with Crippen molar-refractivity contribution in [3.05, 3.63) is 53.9 Å². The monoisotopic (exact) mass is 271 g/mol. The molecule has 0 bridgehead atoms. The van der Waals surface area contributed by atoms with E-state index in [1.807, 2.05) is 12.3 Å². The lowest BCUT2D eigenvalue weighted by Gasteiger charge is -2.28. The SMILES string of the molecule is OC[C@@H]1CCn2nccc2CN1CCc1ccccc1. The van der Waals surface area contributed by atoms with Crippen molar-refractivity contribution in [2.45, 2.75) is 32.0 Å². The van der Waals surface area contributed by atoms with E-state index in [-0.39, 0.29) is 12.6 Å². The highest BCUT2D eigenvalue weighted by molar-refractivity contribution is 5.15. The average molecular weight is 271 g/mol. The highest BCUT2D eigenvalue weighted by Crippen LogP contribution is 2.17. The smallest absolute Gasteiger partial charge is 0.0587 e. The Labute approximate surface area is 119 Å². The number of rotatable bonds is 4. The summed E-state index contributed by atoms with van der Waals surface area (Å²) in [7, 11) is 0. The van der Waals surface area contributed by atoms with Gasteiger partial charge in [-0.25, -0.2) is 0 Å². The molecule has 0 saturated heterocycles. The molecule has 1 aromatic heterocycles.